The van der Waals surface area contributed by atoms with E-state index in [1.807, 2.05) is 57.2 Å². The number of benzene rings is 2. The van der Waals surface area contributed by atoms with Gasteiger partial charge in [0.15, 0.2) is 0 Å². The summed E-state index contributed by atoms with van der Waals surface area (Å²) in [5.74, 6) is 1.87. The highest BCUT2D eigenvalue weighted by Gasteiger charge is 2.25. The Morgan fingerprint density at radius 1 is 0.755 bits per heavy atom. The lowest BCUT2D eigenvalue weighted by molar-refractivity contribution is -0.156. The van der Waals surface area contributed by atoms with Crippen LogP contribution in [0.4, 0.5) is 18.0 Å². The molecule has 9 nitrogen and oxygen atoms in total. The third-order valence-corrected chi connectivity index (χ3v) is 7.75. The van der Waals surface area contributed by atoms with Crippen molar-refractivity contribution in [2.24, 2.45) is 5.73 Å². The van der Waals surface area contributed by atoms with Gasteiger partial charge in [0.1, 0.15) is 30.3 Å². The summed E-state index contributed by atoms with van der Waals surface area (Å²) >= 11 is 0. The van der Waals surface area contributed by atoms with Crippen LogP contribution in [0.25, 0.3) is 0 Å². The quantitative estimate of drug-likeness (QED) is 0.232. The molecule has 0 atom stereocenters. The Kier molecular flexibility index (Phi) is 19.7. The fraction of sp³-hybridized carbons (Fsp3) is 0.622. The van der Waals surface area contributed by atoms with E-state index < -0.39 is 18.1 Å². The third-order valence-electron chi connectivity index (χ3n) is 7.75. The van der Waals surface area contributed by atoms with E-state index in [1.54, 1.807) is 0 Å². The highest BCUT2D eigenvalue weighted by Crippen LogP contribution is 2.15. The molecule has 2 saturated heterocycles. The number of nitrogens with one attached hydrogen (secondary N) is 1. The van der Waals surface area contributed by atoms with Gasteiger partial charge >= 0.3 is 12.3 Å². The van der Waals surface area contributed by atoms with Crippen molar-refractivity contribution in [2.45, 2.75) is 83.9 Å². The molecule has 2 aromatic rings. The first-order valence-corrected chi connectivity index (χ1v) is 17.4. The first-order valence-electron chi connectivity index (χ1n) is 17.4. The Labute approximate surface area is 290 Å². The fourth-order valence-corrected chi connectivity index (χ4v) is 5.25. The number of alkyl carbamates (subject to hydrolysis) is 1. The summed E-state index contributed by atoms with van der Waals surface area (Å²) in [7, 11) is 0. The van der Waals surface area contributed by atoms with Crippen LogP contribution >= 0.6 is 0 Å². The molecule has 0 bridgehead atoms. The number of nitrogens with zero attached hydrogens (tertiary/aromatic N) is 2. The molecule has 1 amide bonds. The van der Waals surface area contributed by atoms with Crippen LogP contribution in [0.15, 0.2) is 48.5 Å². The molecule has 0 aliphatic carbocycles. The SMILES string of the molecule is CC(C)(C)OC(=O)NCCc1ccc(OCCN2CCCCC2)cc1.NCCc1ccc(OCCN2CCCCC2)cc1.O=CC(F)(F)F. The van der Waals surface area contributed by atoms with Crippen LogP contribution in [0.3, 0.4) is 0 Å². The van der Waals surface area contributed by atoms with Gasteiger partial charge in [0.05, 0.1) is 0 Å². The summed E-state index contributed by atoms with van der Waals surface area (Å²) in [6, 6.07) is 16.4. The molecule has 2 aliphatic heterocycles. The molecule has 0 radical (unpaired) electrons. The number of likely N-dealkylation sites (tertiary alicyclic amines) is 2. The third kappa shape index (κ3) is 21.4. The first kappa shape index (κ1) is 41.8. The number of ether oxygens (including phenoxy) is 3. The van der Waals surface area contributed by atoms with Gasteiger partial charge in [-0.25, -0.2) is 4.79 Å². The van der Waals surface area contributed by atoms with Crippen molar-refractivity contribution in [1.82, 2.24) is 15.1 Å². The van der Waals surface area contributed by atoms with Crippen LogP contribution < -0.4 is 20.5 Å². The van der Waals surface area contributed by atoms with Gasteiger partial charge < -0.3 is 25.3 Å². The standard InChI is InChI=1S/C20H32N2O3.C15H24N2O.C2HF3O/c1-20(2,3)25-19(23)21-12-11-17-7-9-18(10-8-17)24-16-15-22-13-5-4-6-14-22;16-9-8-14-4-6-15(7-5-14)18-13-12-17-10-2-1-3-11-17;3-2(4,5)1-6/h7-10H,4-6,11-16H2,1-3H3,(H,21,23);4-7H,1-3,8-13,16H2;1H. The summed E-state index contributed by atoms with van der Waals surface area (Å²) in [4.78, 5) is 25.3. The number of hydrogen-bond donors (Lipinski definition) is 2. The molecule has 0 saturated carbocycles. The molecule has 49 heavy (non-hydrogen) atoms. The number of halogens is 3. The van der Waals surface area contributed by atoms with Gasteiger partial charge in [0, 0.05) is 19.6 Å². The number of aldehydes is 1. The summed E-state index contributed by atoms with van der Waals surface area (Å²) < 4.78 is 48.1. The smallest absolute Gasteiger partial charge is 0.446 e. The lowest BCUT2D eigenvalue weighted by Crippen LogP contribution is -2.33. The van der Waals surface area contributed by atoms with E-state index in [0.717, 1.165) is 50.6 Å². The lowest BCUT2D eigenvalue weighted by Gasteiger charge is -2.26. The monoisotopic (exact) mass is 694 g/mol. The second kappa shape index (κ2) is 23.1. The predicted molar refractivity (Wildman–Crippen MR) is 187 cm³/mol. The van der Waals surface area contributed by atoms with Crippen molar-refractivity contribution in [3.63, 3.8) is 0 Å². The Hall–Kier alpha value is -3.35. The van der Waals surface area contributed by atoms with E-state index in [4.69, 9.17) is 24.7 Å². The number of piperidine rings is 2. The minimum Gasteiger partial charge on any atom is -0.492 e. The molecule has 0 spiro atoms. The summed E-state index contributed by atoms with van der Waals surface area (Å²) in [5, 5.41) is 2.78. The van der Waals surface area contributed by atoms with Crippen LogP contribution in [0, 0.1) is 0 Å². The predicted octanol–water partition coefficient (Wildman–Crippen LogP) is 6.42. The molecule has 2 aromatic carbocycles. The van der Waals surface area contributed by atoms with Crippen molar-refractivity contribution < 1.29 is 37.0 Å². The fourth-order valence-electron chi connectivity index (χ4n) is 5.25. The topological polar surface area (TPSA) is 106 Å². The lowest BCUT2D eigenvalue weighted by atomic mass is 10.1. The zero-order valence-electron chi connectivity index (χ0n) is 29.6. The number of carbonyl (C=O) groups excluding carboxylic acids is 2. The van der Waals surface area contributed by atoms with Gasteiger partial charge in [-0.1, -0.05) is 37.1 Å². The van der Waals surface area contributed by atoms with E-state index in [-0.39, 0.29) is 6.09 Å². The molecule has 0 unspecified atom stereocenters. The van der Waals surface area contributed by atoms with Crippen molar-refractivity contribution in [2.75, 3.05) is 65.6 Å². The van der Waals surface area contributed by atoms with Crippen LogP contribution in [-0.4, -0.2) is 99.5 Å². The minimum atomic E-state index is -4.64. The van der Waals surface area contributed by atoms with Crippen molar-refractivity contribution in [1.29, 1.82) is 0 Å². The normalized spacial score (nSPS) is 15.5. The number of carbonyl (C=O) groups is 2. The number of hydrogen-bond acceptors (Lipinski definition) is 8. The maximum absolute atomic E-state index is 11.6. The minimum absolute atomic E-state index is 0.370. The first-order chi connectivity index (χ1) is 23.4. The van der Waals surface area contributed by atoms with Crippen molar-refractivity contribution in [3.05, 3.63) is 59.7 Å². The summed E-state index contributed by atoms with van der Waals surface area (Å²) in [6.07, 6.45) is 3.69. The number of rotatable bonds is 13. The van der Waals surface area contributed by atoms with Crippen LogP contribution in [-0.2, 0) is 22.4 Å². The Balaban J connectivity index is 0.000000302. The maximum Gasteiger partial charge on any atom is 0.446 e. The summed E-state index contributed by atoms with van der Waals surface area (Å²) in [5.41, 5.74) is 7.51. The zero-order valence-corrected chi connectivity index (χ0v) is 29.6. The maximum atomic E-state index is 11.6. The molecule has 2 aliphatic rings. The molecule has 4 rings (SSSR count). The highest BCUT2D eigenvalue weighted by atomic mass is 19.4. The largest absolute Gasteiger partial charge is 0.492 e. The second-order valence-electron chi connectivity index (χ2n) is 13.2. The van der Waals surface area contributed by atoms with E-state index in [0.29, 0.717) is 13.1 Å². The van der Waals surface area contributed by atoms with Gasteiger partial charge in [-0.15, -0.1) is 0 Å². The molecular formula is C37H57F3N4O5. The molecular weight excluding hydrogens is 637 g/mol. The van der Waals surface area contributed by atoms with Crippen LogP contribution in [0.5, 0.6) is 11.5 Å². The van der Waals surface area contributed by atoms with E-state index >= 15 is 0 Å². The highest BCUT2D eigenvalue weighted by molar-refractivity contribution is 5.67. The number of nitrogens with two attached hydrogens (primary N) is 1. The van der Waals surface area contributed by atoms with E-state index in [2.05, 4.69) is 27.2 Å². The van der Waals surface area contributed by atoms with Gasteiger partial charge in [-0.2, -0.15) is 13.2 Å². The van der Waals surface area contributed by atoms with Gasteiger partial charge in [-0.05, 0) is 127 Å². The molecule has 2 fully saturated rings. The molecule has 12 heteroatoms. The van der Waals surface area contributed by atoms with Gasteiger partial charge in [0.2, 0.25) is 6.29 Å². The van der Waals surface area contributed by atoms with Gasteiger partial charge in [0.25, 0.3) is 0 Å². The van der Waals surface area contributed by atoms with E-state index in [1.165, 1.54) is 75.8 Å². The molecule has 3 N–H and O–H groups in total. The van der Waals surface area contributed by atoms with Crippen molar-refractivity contribution >= 4 is 12.4 Å². The molecule has 276 valence electrons. The Bertz CT molecular complexity index is 1160. The Morgan fingerprint density at radius 3 is 1.53 bits per heavy atom. The second-order valence-corrected chi connectivity index (χ2v) is 13.2. The van der Waals surface area contributed by atoms with Crippen molar-refractivity contribution in [3.8, 4) is 11.5 Å². The average Bonchev–Trinajstić information content (AvgIpc) is 3.07. The Morgan fingerprint density at radius 2 is 1.16 bits per heavy atom. The van der Waals surface area contributed by atoms with Gasteiger partial charge in [-0.3, -0.25) is 14.6 Å². The molecule has 0 aromatic heterocycles. The molecule has 2 heterocycles. The average molecular weight is 695 g/mol. The number of alkyl halides is 3. The van der Waals surface area contributed by atoms with Crippen LogP contribution in [0.1, 0.15) is 70.4 Å². The van der Waals surface area contributed by atoms with Crippen LogP contribution in [0.2, 0.25) is 0 Å². The van der Waals surface area contributed by atoms with E-state index in [9.17, 15) is 18.0 Å². The zero-order chi connectivity index (χ0) is 36.0. The number of amides is 1. The summed E-state index contributed by atoms with van der Waals surface area (Å²) in [6.45, 7) is 15.3.